The second-order valence-corrected chi connectivity index (χ2v) is 5.21. The molecule has 0 aromatic heterocycles. The Morgan fingerprint density at radius 2 is 1.95 bits per heavy atom. The minimum Gasteiger partial charge on any atom is -0.493 e. The molecule has 110 valence electrons. The Bertz CT molecular complexity index is 453. The van der Waals surface area contributed by atoms with Gasteiger partial charge in [-0.1, -0.05) is 31.4 Å². The van der Waals surface area contributed by atoms with Crippen LogP contribution in [-0.2, 0) is 11.3 Å². The zero-order valence-electron chi connectivity index (χ0n) is 12.3. The highest BCUT2D eigenvalue weighted by Gasteiger charge is 2.21. The van der Waals surface area contributed by atoms with Gasteiger partial charge >= 0.3 is 0 Å². The average molecular weight is 277 g/mol. The van der Waals surface area contributed by atoms with E-state index in [4.69, 9.17) is 9.47 Å². The van der Waals surface area contributed by atoms with Crippen molar-refractivity contribution in [2.45, 2.75) is 38.6 Å². The largest absolute Gasteiger partial charge is 0.493 e. The molecule has 0 aliphatic heterocycles. The average Bonchev–Trinajstić information content (AvgIpc) is 2.52. The molecule has 1 fully saturated rings. The van der Waals surface area contributed by atoms with E-state index in [0.717, 1.165) is 18.4 Å². The van der Waals surface area contributed by atoms with Crippen molar-refractivity contribution < 1.29 is 14.3 Å². The molecule has 0 spiro atoms. The molecular weight excluding hydrogens is 254 g/mol. The number of benzene rings is 1. The van der Waals surface area contributed by atoms with Gasteiger partial charge in [-0.15, -0.1) is 0 Å². The summed E-state index contributed by atoms with van der Waals surface area (Å²) in [6.07, 6.45) is 5.62. The fourth-order valence-electron chi connectivity index (χ4n) is 2.78. The second kappa shape index (κ2) is 7.17. The summed E-state index contributed by atoms with van der Waals surface area (Å²) in [5, 5.41) is 3.02. The van der Waals surface area contributed by atoms with E-state index in [1.165, 1.54) is 19.3 Å². The first-order chi connectivity index (χ1) is 9.76. The Balaban J connectivity index is 1.98. The van der Waals surface area contributed by atoms with Crippen molar-refractivity contribution in [3.63, 3.8) is 0 Å². The minimum atomic E-state index is 0.162. The Hall–Kier alpha value is -1.71. The molecule has 2 rings (SSSR count). The third-order valence-electron chi connectivity index (χ3n) is 3.91. The summed E-state index contributed by atoms with van der Waals surface area (Å²) in [5.41, 5.74) is 0.941. The number of carbonyl (C=O) groups excluding carboxylic acids is 1. The molecule has 0 saturated heterocycles. The van der Waals surface area contributed by atoms with Gasteiger partial charge in [0.1, 0.15) is 0 Å². The Morgan fingerprint density at radius 3 is 2.60 bits per heavy atom. The third kappa shape index (κ3) is 3.44. The summed E-state index contributed by atoms with van der Waals surface area (Å²) >= 11 is 0. The number of rotatable bonds is 5. The van der Waals surface area contributed by atoms with Crippen LogP contribution in [0.2, 0.25) is 0 Å². The van der Waals surface area contributed by atoms with Gasteiger partial charge in [0.25, 0.3) is 0 Å². The van der Waals surface area contributed by atoms with Crippen LogP contribution in [-0.4, -0.2) is 20.1 Å². The lowest BCUT2D eigenvalue weighted by atomic mass is 9.88. The summed E-state index contributed by atoms with van der Waals surface area (Å²) in [6, 6.07) is 5.71. The predicted molar refractivity (Wildman–Crippen MR) is 78.0 cm³/mol. The number of para-hydroxylation sites is 1. The first-order valence-corrected chi connectivity index (χ1v) is 7.24. The lowest BCUT2D eigenvalue weighted by Crippen LogP contribution is -2.31. The summed E-state index contributed by atoms with van der Waals surface area (Å²) < 4.78 is 10.6. The van der Waals surface area contributed by atoms with Crippen molar-refractivity contribution in [2.75, 3.05) is 14.2 Å². The molecule has 1 amide bonds. The zero-order chi connectivity index (χ0) is 14.4. The number of nitrogens with one attached hydrogen (secondary N) is 1. The molecule has 1 aliphatic rings. The van der Waals surface area contributed by atoms with E-state index in [0.29, 0.717) is 18.0 Å². The van der Waals surface area contributed by atoms with Gasteiger partial charge in [0.15, 0.2) is 11.5 Å². The Morgan fingerprint density at radius 1 is 1.20 bits per heavy atom. The maximum atomic E-state index is 12.1. The predicted octanol–water partition coefficient (Wildman–Crippen LogP) is 2.90. The van der Waals surface area contributed by atoms with Crippen molar-refractivity contribution in [1.29, 1.82) is 0 Å². The highest BCUT2D eigenvalue weighted by molar-refractivity contribution is 5.78. The number of carbonyl (C=O) groups is 1. The lowest BCUT2D eigenvalue weighted by Gasteiger charge is -2.21. The van der Waals surface area contributed by atoms with Gasteiger partial charge < -0.3 is 14.8 Å². The molecule has 1 aliphatic carbocycles. The summed E-state index contributed by atoms with van der Waals surface area (Å²) in [4.78, 5) is 12.1. The number of ether oxygens (including phenoxy) is 2. The smallest absolute Gasteiger partial charge is 0.223 e. The molecule has 0 radical (unpaired) electrons. The molecule has 4 heteroatoms. The van der Waals surface area contributed by atoms with Crippen LogP contribution in [0, 0.1) is 5.92 Å². The summed E-state index contributed by atoms with van der Waals surface area (Å²) in [7, 11) is 3.23. The van der Waals surface area contributed by atoms with Crippen LogP contribution in [0.5, 0.6) is 11.5 Å². The molecule has 1 saturated carbocycles. The van der Waals surface area contributed by atoms with Gasteiger partial charge in [0.05, 0.1) is 14.2 Å². The first kappa shape index (κ1) is 14.7. The van der Waals surface area contributed by atoms with E-state index in [1.807, 2.05) is 18.2 Å². The molecule has 0 bridgehead atoms. The van der Waals surface area contributed by atoms with E-state index >= 15 is 0 Å². The van der Waals surface area contributed by atoms with Crippen LogP contribution in [0.3, 0.4) is 0 Å². The van der Waals surface area contributed by atoms with Crippen LogP contribution in [0.15, 0.2) is 18.2 Å². The van der Waals surface area contributed by atoms with Crippen molar-refractivity contribution >= 4 is 5.91 Å². The van der Waals surface area contributed by atoms with E-state index in [-0.39, 0.29) is 11.8 Å². The highest BCUT2D eigenvalue weighted by Crippen LogP contribution is 2.30. The summed E-state index contributed by atoms with van der Waals surface area (Å²) in [6.45, 7) is 0.482. The monoisotopic (exact) mass is 277 g/mol. The fourth-order valence-corrected chi connectivity index (χ4v) is 2.78. The van der Waals surface area contributed by atoms with E-state index in [1.54, 1.807) is 14.2 Å². The third-order valence-corrected chi connectivity index (χ3v) is 3.91. The zero-order valence-corrected chi connectivity index (χ0v) is 12.3. The highest BCUT2D eigenvalue weighted by atomic mass is 16.5. The van der Waals surface area contributed by atoms with Crippen molar-refractivity contribution in [2.24, 2.45) is 5.92 Å². The molecule has 1 aromatic carbocycles. The van der Waals surface area contributed by atoms with Gasteiger partial charge in [-0.2, -0.15) is 0 Å². The van der Waals surface area contributed by atoms with Crippen LogP contribution < -0.4 is 14.8 Å². The van der Waals surface area contributed by atoms with E-state index in [2.05, 4.69) is 5.32 Å². The Kier molecular flexibility index (Phi) is 5.27. The standard InChI is InChI=1S/C16H23NO3/c1-19-14-10-6-9-13(15(14)20-2)11-17-16(18)12-7-4-3-5-8-12/h6,9-10,12H,3-5,7-8,11H2,1-2H3,(H,17,18). The van der Waals surface area contributed by atoms with E-state index in [9.17, 15) is 4.79 Å². The van der Waals surface area contributed by atoms with Gasteiger partial charge in [-0.25, -0.2) is 0 Å². The number of hydrogen-bond acceptors (Lipinski definition) is 3. The molecule has 0 heterocycles. The molecule has 20 heavy (non-hydrogen) atoms. The minimum absolute atomic E-state index is 0.162. The molecule has 1 N–H and O–H groups in total. The van der Waals surface area contributed by atoms with Gasteiger partial charge in [0, 0.05) is 18.0 Å². The number of methoxy groups -OCH3 is 2. The van der Waals surface area contributed by atoms with E-state index < -0.39 is 0 Å². The molecule has 0 unspecified atom stereocenters. The SMILES string of the molecule is COc1cccc(CNC(=O)C2CCCCC2)c1OC. The van der Waals surface area contributed by atoms with Gasteiger partial charge in [-0.05, 0) is 18.9 Å². The maximum absolute atomic E-state index is 12.1. The molecule has 0 atom stereocenters. The van der Waals surface area contributed by atoms with Gasteiger partial charge in [-0.3, -0.25) is 4.79 Å². The normalized spacial score (nSPS) is 15.7. The number of hydrogen-bond donors (Lipinski definition) is 1. The van der Waals surface area contributed by atoms with Crippen LogP contribution >= 0.6 is 0 Å². The molecular formula is C16H23NO3. The Labute approximate surface area is 120 Å². The molecule has 4 nitrogen and oxygen atoms in total. The van der Waals surface area contributed by atoms with Crippen LogP contribution in [0.4, 0.5) is 0 Å². The van der Waals surface area contributed by atoms with Crippen molar-refractivity contribution in [3.05, 3.63) is 23.8 Å². The maximum Gasteiger partial charge on any atom is 0.223 e. The molecule has 1 aromatic rings. The first-order valence-electron chi connectivity index (χ1n) is 7.24. The van der Waals surface area contributed by atoms with Crippen molar-refractivity contribution in [1.82, 2.24) is 5.32 Å². The fraction of sp³-hybridized carbons (Fsp3) is 0.562. The van der Waals surface area contributed by atoms with Crippen LogP contribution in [0.25, 0.3) is 0 Å². The van der Waals surface area contributed by atoms with Crippen molar-refractivity contribution in [3.8, 4) is 11.5 Å². The van der Waals surface area contributed by atoms with Gasteiger partial charge in [0.2, 0.25) is 5.91 Å². The summed E-state index contributed by atoms with van der Waals surface area (Å²) in [5.74, 6) is 1.73. The second-order valence-electron chi connectivity index (χ2n) is 5.21. The topological polar surface area (TPSA) is 47.6 Å². The lowest BCUT2D eigenvalue weighted by molar-refractivity contribution is -0.126. The quantitative estimate of drug-likeness (QED) is 0.900. The van der Waals surface area contributed by atoms with Crippen LogP contribution in [0.1, 0.15) is 37.7 Å². The number of amides is 1.